The van der Waals surface area contributed by atoms with E-state index in [1.54, 1.807) is 0 Å². The van der Waals surface area contributed by atoms with Crippen molar-refractivity contribution in [3.05, 3.63) is 11.6 Å². The van der Waals surface area contributed by atoms with Crippen molar-refractivity contribution in [1.29, 1.82) is 0 Å². The maximum Gasteiger partial charge on any atom is 0.191 e. The number of aliphatic imine (C=N–C) groups is 1. The smallest absolute Gasteiger partial charge is 0.191 e. The third kappa shape index (κ3) is 6.59. The van der Waals surface area contributed by atoms with E-state index < -0.39 is 0 Å². The van der Waals surface area contributed by atoms with Crippen LogP contribution in [0.25, 0.3) is 0 Å². The standard InChI is InChI=1S/C21H38N6.HI/c1-4-22-21(24-18-11-9-17(10-12-18)16(2)3)23-14-13-20-26-25-19-8-6-5-7-15-27(19)20;/h16-18H,4-15H2,1-3H3,(H2,22,23,24);1H. The lowest BCUT2D eigenvalue weighted by Gasteiger charge is -2.32. The van der Waals surface area contributed by atoms with Crippen LogP contribution in [0.1, 0.15) is 77.4 Å². The quantitative estimate of drug-likeness (QED) is 0.352. The molecule has 1 aromatic heterocycles. The van der Waals surface area contributed by atoms with Crippen LogP contribution in [-0.4, -0.2) is 39.9 Å². The molecule has 2 heterocycles. The molecule has 1 fully saturated rings. The Morgan fingerprint density at radius 2 is 1.93 bits per heavy atom. The number of hydrogen-bond acceptors (Lipinski definition) is 3. The summed E-state index contributed by atoms with van der Waals surface area (Å²) in [5, 5.41) is 15.9. The monoisotopic (exact) mass is 502 g/mol. The lowest BCUT2D eigenvalue weighted by Crippen LogP contribution is -2.45. The highest BCUT2D eigenvalue weighted by molar-refractivity contribution is 14.0. The summed E-state index contributed by atoms with van der Waals surface area (Å²) < 4.78 is 2.33. The number of guanidine groups is 1. The Morgan fingerprint density at radius 3 is 2.64 bits per heavy atom. The van der Waals surface area contributed by atoms with Crippen molar-refractivity contribution in [2.24, 2.45) is 16.8 Å². The molecule has 2 N–H and O–H groups in total. The number of nitrogens with zero attached hydrogens (tertiary/aromatic N) is 4. The maximum atomic E-state index is 4.82. The number of hydrogen-bond donors (Lipinski definition) is 2. The summed E-state index contributed by atoms with van der Waals surface area (Å²) in [5.74, 6) is 4.93. The zero-order chi connectivity index (χ0) is 19.1. The molecule has 28 heavy (non-hydrogen) atoms. The molecule has 0 saturated heterocycles. The Bertz CT molecular complexity index is 604. The van der Waals surface area contributed by atoms with Gasteiger partial charge in [0.25, 0.3) is 0 Å². The third-order valence-electron chi connectivity index (χ3n) is 6.19. The van der Waals surface area contributed by atoms with Crippen LogP contribution in [0.3, 0.4) is 0 Å². The number of nitrogens with one attached hydrogen (secondary N) is 2. The van der Waals surface area contributed by atoms with Gasteiger partial charge in [0.1, 0.15) is 11.6 Å². The molecule has 0 atom stereocenters. The van der Waals surface area contributed by atoms with Crippen molar-refractivity contribution in [2.45, 2.75) is 91.1 Å². The molecule has 0 unspecified atom stereocenters. The molecule has 0 bridgehead atoms. The second-order valence-electron chi connectivity index (χ2n) is 8.51. The van der Waals surface area contributed by atoms with Gasteiger partial charge >= 0.3 is 0 Å². The zero-order valence-electron chi connectivity index (χ0n) is 17.9. The van der Waals surface area contributed by atoms with E-state index in [1.165, 1.54) is 50.8 Å². The maximum absolute atomic E-state index is 4.82. The van der Waals surface area contributed by atoms with Crippen molar-refractivity contribution >= 4 is 29.9 Å². The first-order valence-corrected chi connectivity index (χ1v) is 11.1. The highest BCUT2D eigenvalue weighted by atomic mass is 127. The minimum Gasteiger partial charge on any atom is -0.357 e. The summed E-state index contributed by atoms with van der Waals surface area (Å²) >= 11 is 0. The normalized spacial score (nSPS) is 22.9. The predicted molar refractivity (Wildman–Crippen MR) is 126 cm³/mol. The fourth-order valence-electron chi connectivity index (χ4n) is 4.44. The van der Waals surface area contributed by atoms with E-state index in [4.69, 9.17) is 4.99 Å². The van der Waals surface area contributed by atoms with E-state index in [0.717, 1.165) is 56.1 Å². The number of aromatic nitrogens is 3. The molecule has 3 rings (SSSR count). The zero-order valence-corrected chi connectivity index (χ0v) is 20.2. The van der Waals surface area contributed by atoms with E-state index in [2.05, 4.69) is 46.2 Å². The fraction of sp³-hybridized carbons (Fsp3) is 0.857. The van der Waals surface area contributed by atoms with Crippen LogP contribution in [0.4, 0.5) is 0 Å². The van der Waals surface area contributed by atoms with Crippen LogP contribution in [0.5, 0.6) is 0 Å². The highest BCUT2D eigenvalue weighted by Gasteiger charge is 2.23. The van der Waals surface area contributed by atoms with Gasteiger partial charge in [-0.2, -0.15) is 0 Å². The van der Waals surface area contributed by atoms with Gasteiger partial charge in [-0.05, 0) is 57.3 Å². The molecular weight excluding hydrogens is 463 g/mol. The van der Waals surface area contributed by atoms with E-state index in [0.29, 0.717) is 6.04 Å². The van der Waals surface area contributed by atoms with Gasteiger partial charge in [0.05, 0.1) is 0 Å². The summed E-state index contributed by atoms with van der Waals surface area (Å²) in [6.07, 6.45) is 10.9. The van der Waals surface area contributed by atoms with Crippen molar-refractivity contribution < 1.29 is 0 Å². The molecule has 7 heteroatoms. The SMILES string of the molecule is CCNC(=NCCc1nnc2n1CCCCC2)NC1CCC(C(C)C)CC1.I. The van der Waals surface area contributed by atoms with Crippen LogP contribution in [-0.2, 0) is 19.4 Å². The van der Waals surface area contributed by atoms with Gasteiger partial charge in [0.15, 0.2) is 5.96 Å². The van der Waals surface area contributed by atoms with Crippen LogP contribution in [0.15, 0.2) is 4.99 Å². The minimum atomic E-state index is 0. The van der Waals surface area contributed by atoms with E-state index >= 15 is 0 Å². The third-order valence-corrected chi connectivity index (χ3v) is 6.19. The van der Waals surface area contributed by atoms with Gasteiger partial charge in [-0.25, -0.2) is 0 Å². The van der Waals surface area contributed by atoms with Crippen molar-refractivity contribution in [3.8, 4) is 0 Å². The lowest BCUT2D eigenvalue weighted by molar-refractivity contribution is 0.250. The number of rotatable bonds is 6. The number of fused-ring (bicyclic) bond motifs is 1. The molecule has 0 spiro atoms. The Balaban J connectivity index is 0.00000280. The molecule has 2 aliphatic rings. The molecule has 1 aliphatic heterocycles. The van der Waals surface area contributed by atoms with Crippen LogP contribution < -0.4 is 10.6 Å². The molecule has 1 saturated carbocycles. The molecule has 0 radical (unpaired) electrons. The summed E-state index contributed by atoms with van der Waals surface area (Å²) in [6.45, 7) is 9.57. The number of aryl methyl sites for hydroxylation is 1. The van der Waals surface area contributed by atoms with E-state index in [9.17, 15) is 0 Å². The lowest BCUT2D eigenvalue weighted by atomic mass is 9.80. The summed E-state index contributed by atoms with van der Waals surface area (Å²) in [4.78, 5) is 4.82. The first kappa shape index (κ1) is 23.4. The van der Waals surface area contributed by atoms with Gasteiger partial charge in [-0.1, -0.05) is 20.3 Å². The van der Waals surface area contributed by atoms with Gasteiger partial charge in [0, 0.05) is 38.5 Å². The van der Waals surface area contributed by atoms with Crippen LogP contribution >= 0.6 is 24.0 Å². The highest BCUT2D eigenvalue weighted by Crippen LogP contribution is 2.29. The van der Waals surface area contributed by atoms with Crippen LogP contribution in [0, 0.1) is 11.8 Å². The molecule has 6 nitrogen and oxygen atoms in total. The van der Waals surface area contributed by atoms with Gasteiger partial charge in [-0.3, -0.25) is 4.99 Å². The molecule has 0 amide bonds. The molecule has 160 valence electrons. The van der Waals surface area contributed by atoms with Gasteiger partial charge < -0.3 is 15.2 Å². The summed E-state index contributed by atoms with van der Waals surface area (Å²) in [5.41, 5.74) is 0. The predicted octanol–water partition coefficient (Wildman–Crippen LogP) is 3.93. The topological polar surface area (TPSA) is 67.1 Å². The molecule has 0 aromatic carbocycles. The second kappa shape index (κ2) is 12.0. The van der Waals surface area contributed by atoms with Gasteiger partial charge in [0.2, 0.25) is 0 Å². The van der Waals surface area contributed by atoms with Gasteiger partial charge in [-0.15, -0.1) is 34.2 Å². The first-order valence-electron chi connectivity index (χ1n) is 11.1. The molecule has 1 aromatic rings. The Kier molecular flexibility index (Phi) is 10.0. The average molecular weight is 502 g/mol. The second-order valence-corrected chi connectivity index (χ2v) is 8.51. The average Bonchev–Trinajstić information content (AvgIpc) is 2.89. The first-order chi connectivity index (χ1) is 13.2. The molecular formula is C21H39IN6. The van der Waals surface area contributed by atoms with Crippen LogP contribution in [0.2, 0.25) is 0 Å². The van der Waals surface area contributed by atoms with E-state index in [1.807, 2.05) is 0 Å². The fourth-order valence-corrected chi connectivity index (χ4v) is 4.44. The Morgan fingerprint density at radius 1 is 1.14 bits per heavy atom. The molecule has 1 aliphatic carbocycles. The summed E-state index contributed by atoms with van der Waals surface area (Å²) in [6, 6.07) is 0.558. The van der Waals surface area contributed by atoms with Crippen molar-refractivity contribution in [1.82, 2.24) is 25.4 Å². The largest absolute Gasteiger partial charge is 0.357 e. The Hall–Kier alpha value is -0.860. The Labute approximate surface area is 187 Å². The minimum absolute atomic E-state index is 0. The van der Waals surface area contributed by atoms with E-state index in [-0.39, 0.29) is 24.0 Å². The summed E-state index contributed by atoms with van der Waals surface area (Å²) in [7, 11) is 0. The van der Waals surface area contributed by atoms with Crippen molar-refractivity contribution in [3.63, 3.8) is 0 Å². The van der Waals surface area contributed by atoms with Crippen molar-refractivity contribution in [2.75, 3.05) is 13.1 Å². The number of halogens is 1.